The Bertz CT molecular complexity index is 673. The number of halogens is 2. The van der Waals surface area contributed by atoms with Crippen molar-refractivity contribution in [3.05, 3.63) is 57.0 Å². The molecule has 0 aliphatic heterocycles. The summed E-state index contributed by atoms with van der Waals surface area (Å²) >= 11 is 9.35. The van der Waals surface area contributed by atoms with Gasteiger partial charge in [-0.2, -0.15) is 0 Å². The minimum Gasteiger partial charge on any atom is -0.376 e. The van der Waals surface area contributed by atoms with Crippen LogP contribution in [0.3, 0.4) is 0 Å². The topological polar surface area (TPSA) is 41.1 Å². The van der Waals surface area contributed by atoms with Crippen molar-refractivity contribution in [3.8, 4) is 0 Å². The zero-order valence-electron chi connectivity index (χ0n) is 11.8. The third-order valence-corrected chi connectivity index (χ3v) is 4.17. The Morgan fingerprint density at radius 1 is 1.14 bits per heavy atom. The lowest BCUT2D eigenvalue weighted by Crippen LogP contribution is -2.22. The van der Waals surface area contributed by atoms with E-state index in [0.29, 0.717) is 5.02 Å². The highest BCUT2D eigenvalue weighted by Gasteiger charge is 2.05. The molecule has 0 spiro atoms. The molecule has 0 aliphatic rings. The lowest BCUT2D eigenvalue weighted by molar-refractivity contribution is -0.114. The summed E-state index contributed by atoms with van der Waals surface area (Å²) in [5.74, 6) is -0.0971. The van der Waals surface area contributed by atoms with Gasteiger partial charge in [0, 0.05) is 20.9 Å². The molecule has 0 bridgehead atoms. The van der Waals surface area contributed by atoms with E-state index >= 15 is 0 Å². The number of anilines is 2. The molecule has 0 atom stereocenters. The molecule has 0 radical (unpaired) electrons. The fraction of sp³-hybridized carbons (Fsp3) is 0.188. The summed E-state index contributed by atoms with van der Waals surface area (Å²) in [6.07, 6.45) is 0. The van der Waals surface area contributed by atoms with Gasteiger partial charge in [0.15, 0.2) is 0 Å². The number of hydrogen-bond donors (Lipinski definition) is 2. The van der Waals surface area contributed by atoms with E-state index in [-0.39, 0.29) is 12.5 Å². The van der Waals surface area contributed by atoms with Crippen LogP contribution in [-0.4, -0.2) is 12.5 Å². The van der Waals surface area contributed by atoms with Crippen LogP contribution >= 0.6 is 27.5 Å². The van der Waals surface area contributed by atoms with Crippen LogP contribution in [-0.2, 0) is 4.79 Å². The van der Waals surface area contributed by atoms with Crippen LogP contribution < -0.4 is 10.6 Å². The molecule has 2 rings (SSSR count). The van der Waals surface area contributed by atoms with Gasteiger partial charge in [-0.3, -0.25) is 4.79 Å². The number of benzene rings is 2. The van der Waals surface area contributed by atoms with Gasteiger partial charge in [0.05, 0.1) is 6.54 Å². The average Bonchev–Trinajstić information content (AvgIpc) is 2.42. The van der Waals surface area contributed by atoms with Gasteiger partial charge in [-0.25, -0.2) is 0 Å². The van der Waals surface area contributed by atoms with Gasteiger partial charge in [0.2, 0.25) is 5.91 Å². The van der Waals surface area contributed by atoms with E-state index in [2.05, 4.69) is 26.6 Å². The molecular formula is C16H16BrClN2O. The number of carbonyl (C=O) groups is 1. The SMILES string of the molecule is Cc1ccc(NC(=O)CNc2ccc(Cl)cc2C)cc1Br. The summed E-state index contributed by atoms with van der Waals surface area (Å²) in [4.78, 5) is 11.9. The Hall–Kier alpha value is -1.52. The van der Waals surface area contributed by atoms with Crippen molar-refractivity contribution in [3.63, 3.8) is 0 Å². The Balaban J connectivity index is 1.94. The molecule has 1 amide bonds. The van der Waals surface area contributed by atoms with E-state index in [1.54, 1.807) is 6.07 Å². The second-order valence-corrected chi connectivity index (χ2v) is 6.12. The molecule has 2 N–H and O–H groups in total. The van der Waals surface area contributed by atoms with E-state index < -0.39 is 0 Å². The molecule has 5 heteroatoms. The van der Waals surface area contributed by atoms with Crippen LogP contribution in [0.15, 0.2) is 40.9 Å². The molecule has 0 aliphatic carbocycles. The van der Waals surface area contributed by atoms with Gasteiger partial charge in [0.1, 0.15) is 0 Å². The third kappa shape index (κ3) is 4.48. The Morgan fingerprint density at radius 2 is 1.90 bits per heavy atom. The summed E-state index contributed by atoms with van der Waals surface area (Å²) in [6, 6.07) is 11.3. The van der Waals surface area contributed by atoms with Crippen LogP contribution in [0.25, 0.3) is 0 Å². The highest BCUT2D eigenvalue weighted by atomic mass is 79.9. The first-order valence-corrected chi connectivity index (χ1v) is 7.69. The van der Waals surface area contributed by atoms with E-state index in [4.69, 9.17) is 11.6 Å². The first-order chi connectivity index (χ1) is 9.95. The van der Waals surface area contributed by atoms with E-state index in [1.807, 2.05) is 44.2 Å². The molecule has 110 valence electrons. The molecule has 0 unspecified atom stereocenters. The number of amides is 1. The van der Waals surface area contributed by atoms with Crippen molar-refractivity contribution >= 4 is 44.8 Å². The lowest BCUT2D eigenvalue weighted by Gasteiger charge is -2.11. The van der Waals surface area contributed by atoms with Gasteiger partial charge in [-0.1, -0.05) is 33.6 Å². The van der Waals surface area contributed by atoms with Gasteiger partial charge < -0.3 is 10.6 Å². The smallest absolute Gasteiger partial charge is 0.243 e. The van der Waals surface area contributed by atoms with Gasteiger partial charge >= 0.3 is 0 Å². The monoisotopic (exact) mass is 366 g/mol. The molecule has 0 heterocycles. The number of rotatable bonds is 4. The Morgan fingerprint density at radius 3 is 2.57 bits per heavy atom. The number of nitrogens with one attached hydrogen (secondary N) is 2. The van der Waals surface area contributed by atoms with Crippen LogP contribution in [0.5, 0.6) is 0 Å². The van der Waals surface area contributed by atoms with Crippen LogP contribution in [0.2, 0.25) is 5.02 Å². The quantitative estimate of drug-likeness (QED) is 0.817. The maximum Gasteiger partial charge on any atom is 0.243 e. The first kappa shape index (κ1) is 15.9. The van der Waals surface area contributed by atoms with Crippen LogP contribution in [0, 0.1) is 13.8 Å². The molecule has 0 fully saturated rings. The van der Waals surface area contributed by atoms with Gasteiger partial charge in [0.25, 0.3) is 0 Å². The summed E-state index contributed by atoms with van der Waals surface area (Å²) in [7, 11) is 0. The van der Waals surface area contributed by atoms with Gasteiger partial charge in [-0.05, 0) is 55.3 Å². The molecule has 21 heavy (non-hydrogen) atoms. The number of carbonyl (C=O) groups excluding carboxylic acids is 1. The maximum atomic E-state index is 11.9. The standard InChI is InChI=1S/C16H16BrClN2O/c1-10-3-5-13(8-14(10)17)20-16(21)9-19-15-6-4-12(18)7-11(15)2/h3-8,19H,9H2,1-2H3,(H,20,21). The Labute approximate surface area is 137 Å². The third-order valence-electron chi connectivity index (χ3n) is 3.08. The molecular weight excluding hydrogens is 352 g/mol. The van der Waals surface area contributed by atoms with E-state index in [9.17, 15) is 4.79 Å². The molecule has 0 saturated heterocycles. The number of aryl methyl sites for hydroxylation is 2. The first-order valence-electron chi connectivity index (χ1n) is 6.52. The van der Waals surface area contributed by atoms with Crippen LogP contribution in [0.4, 0.5) is 11.4 Å². The van der Waals surface area contributed by atoms with Crippen molar-refractivity contribution in [2.45, 2.75) is 13.8 Å². The zero-order chi connectivity index (χ0) is 15.4. The molecule has 3 nitrogen and oxygen atoms in total. The summed E-state index contributed by atoms with van der Waals surface area (Å²) in [5.41, 5.74) is 3.81. The van der Waals surface area contributed by atoms with Crippen molar-refractivity contribution in [2.24, 2.45) is 0 Å². The van der Waals surface area contributed by atoms with E-state index in [0.717, 1.165) is 27.0 Å². The second kappa shape index (κ2) is 6.96. The zero-order valence-corrected chi connectivity index (χ0v) is 14.2. The Kier molecular flexibility index (Phi) is 5.26. The highest BCUT2D eigenvalue weighted by molar-refractivity contribution is 9.10. The molecule has 2 aromatic rings. The minimum absolute atomic E-state index is 0.0971. The summed E-state index contributed by atoms with van der Waals surface area (Å²) < 4.78 is 0.974. The van der Waals surface area contributed by atoms with Crippen molar-refractivity contribution < 1.29 is 4.79 Å². The summed E-state index contributed by atoms with van der Waals surface area (Å²) in [6.45, 7) is 4.15. The molecule has 0 aromatic heterocycles. The summed E-state index contributed by atoms with van der Waals surface area (Å²) in [5, 5.41) is 6.64. The molecule has 0 saturated carbocycles. The fourth-order valence-electron chi connectivity index (χ4n) is 1.88. The average molecular weight is 368 g/mol. The largest absolute Gasteiger partial charge is 0.376 e. The van der Waals surface area contributed by atoms with Crippen LogP contribution in [0.1, 0.15) is 11.1 Å². The van der Waals surface area contributed by atoms with Crippen molar-refractivity contribution in [1.29, 1.82) is 0 Å². The normalized spacial score (nSPS) is 10.3. The van der Waals surface area contributed by atoms with E-state index in [1.165, 1.54) is 0 Å². The minimum atomic E-state index is -0.0971. The second-order valence-electron chi connectivity index (χ2n) is 4.82. The predicted octanol–water partition coefficient (Wildman–Crippen LogP) is 4.77. The number of hydrogen-bond acceptors (Lipinski definition) is 2. The fourth-order valence-corrected chi connectivity index (χ4v) is 2.48. The lowest BCUT2D eigenvalue weighted by atomic mass is 10.2. The molecule has 2 aromatic carbocycles. The predicted molar refractivity (Wildman–Crippen MR) is 92.2 cm³/mol. The van der Waals surface area contributed by atoms with Crippen molar-refractivity contribution in [1.82, 2.24) is 0 Å². The van der Waals surface area contributed by atoms with Gasteiger partial charge in [-0.15, -0.1) is 0 Å². The highest BCUT2D eigenvalue weighted by Crippen LogP contribution is 2.21. The van der Waals surface area contributed by atoms with Crippen molar-refractivity contribution in [2.75, 3.05) is 17.2 Å². The maximum absolute atomic E-state index is 11.9.